The predicted octanol–water partition coefficient (Wildman–Crippen LogP) is 2.60. The van der Waals surface area contributed by atoms with Gasteiger partial charge >= 0.3 is 0 Å². The zero-order valence-electron chi connectivity index (χ0n) is 16.2. The third-order valence-corrected chi connectivity index (χ3v) is 4.28. The first-order chi connectivity index (χ1) is 13.0. The standard InChI is InChI=1S/C20H28N4O3/c1-4-14-23-15(3)19(20(27)24(23)16-10-7-6-8-11-16)22-18(26)13-9-12-17(25)21-5-2/h6-8,10-11H,4-5,9,12-14H2,1-3H3,(H,21,25)(H,22,26). The largest absolute Gasteiger partial charge is 0.356 e. The lowest BCUT2D eigenvalue weighted by Crippen LogP contribution is -2.24. The Morgan fingerprint density at radius 2 is 1.70 bits per heavy atom. The second-order valence-corrected chi connectivity index (χ2v) is 6.39. The van der Waals surface area contributed by atoms with E-state index in [1.165, 1.54) is 0 Å². The fourth-order valence-electron chi connectivity index (χ4n) is 3.00. The summed E-state index contributed by atoms with van der Waals surface area (Å²) in [5.41, 5.74) is 1.54. The molecule has 0 unspecified atom stereocenters. The first kappa shape index (κ1) is 20.5. The van der Waals surface area contributed by atoms with Gasteiger partial charge in [-0.25, -0.2) is 4.68 Å². The minimum absolute atomic E-state index is 0.0676. The highest BCUT2D eigenvalue weighted by Crippen LogP contribution is 2.16. The molecule has 0 saturated carbocycles. The molecule has 0 radical (unpaired) electrons. The maximum Gasteiger partial charge on any atom is 0.295 e. The van der Waals surface area contributed by atoms with Crippen molar-refractivity contribution in [2.75, 3.05) is 11.9 Å². The van der Waals surface area contributed by atoms with E-state index in [-0.39, 0.29) is 23.8 Å². The van der Waals surface area contributed by atoms with Crippen LogP contribution in [0, 0.1) is 6.92 Å². The summed E-state index contributed by atoms with van der Waals surface area (Å²) in [5.74, 6) is -0.324. The van der Waals surface area contributed by atoms with Crippen LogP contribution in [-0.2, 0) is 16.1 Å². The van der Waals surface area contributed by atoms with Gasteiger partial charge in [0, 0.05) is 25.9 Å². The molecule has 7 nitrogen and oxygen atoms in total. The van der Waals surface area contributed by atoms with Crippen LogP contribution in [0.4, 0.5) is 5.69 Å². The highest BCUT2D eigenvalue weighted by Gasteiger charge is 2.19. The Kier molecular flexibility index (Phi) is 7.40. The third kappa shape index (κ3) is 5.09. The van der Waals surface area contributed by atoms with Crippen molar-refractivity contribution in [2.45, 2.75) is 53.0 Å². The lowest BCUT2D eigenvalue weighted by atomic mass is 10.2. The molecule has 2 amide bonds. The van der Waals surface area contributed by atoms with Crippen LogP contribution < -0.4 is 16.2 Å². The van der Waals surface area contributed by atoms with Gasteiger partial charge in [0.05, 0.1) is 11.4 Å². The van der Waals surface area contributed by atoms with Crippen LogP contribution in [0.15, 0.2) is 35.1 Å². The molecule has 0 aliphatic heterocycles. The summed E-state index contributed by atoms with van der Waals surface area (Å²) in [6.45, 7) is 6.98. The number of aromatic nitrogens is 2. The van der Waals surface area contributed by atoms with E-state index in [9.17, 15) is 14.4 Å². The summed E-state index contributed by atoms with van der Waals surface area (Å²) in [7, 11) is 0. The normalized spacial score (nSPS) is 10.6. The number of amides is 2. The van der Waals surface area contributed by atoms with E-state index in [1.807, 2.05) is 55.8 Å². The maximum atomic E-state index is 13.0. The average molecular weight is 372 g/mol. The van der Waals surface area contributed by atoms with Crippen LogP contribution in [0.5, 0.6) is 0 Å². The molecular formula is C20H28N4O3. The van der Waals surface area contributed by atoms with Crippen molar-refractivity contribution in [3.05, 3.63) is 46.4 Å². The van der Waals surface area contributed by atoms with Gasteiger partial charge < -0.3 is 10.6 Å². The van der Waals surface area contributed by atoms with E-state index < -0.39 is 0 Å². The zero-order chi connectivity index (χ0) is 19.8. The maximum absolute atomic E-state index is 13.0. The molecule has 27 heavy (non-hydrogen) atoms. The van der Waals surface area contributed by atoms with Crippen molar-refractivity contribution in [3.63, 3.8) is 0 Å². The summed E-state index contributed by atoms with van der Waals surface area (Å²) in [5, 5.41) is 5.45. The lowest BCUT2D eigenvalue weighted by Gasteiger charge is -2.12. The summed E-state index contributed by atoms with van der Waals surface area (Å²) >= 11 is 0. The van der Waals surface area contributed by atoms with Gasteiger partial charge in [0.2, 0.25) is 11.8 Å². The summed E-state index contributed by atoms with van der Waals surface area (Å²) in [6, 6.07) is 9.38. The molecule has 1 aromatic carbocycles. The molecule has 0 bridgehead atoms. The Morgan fingerprint density at radius 3 is 2.33 bits per heavy atom. The van der Waals surface area contributed by atoms with Gasteiger partial charge in [0.1, 0.15) is 5.69 Å². The van der Waals surface area contributed by atoms with Gasteiger partial charge in [-0.1, -0.05) is 25.1 Å². The molecule has 0 fully saturated rings. The minimum atomic E-state index is -0.256. The SMILES string of the molecule is CCCn1c(C)c(NC(=O)CCCC(=O)NCC)c(=O)n1-c1ccccc1. The molecule has 7 heteroatoms. The van der Waals surface area contributed by atoms with Crippen LogP contribution in [0.1, 0.15) is 45.2 Å². The Bertz CT molecular complexity index is 837. The molecule has 0 spiro atoms. The highest BCUT2D eigenvalue weighted by atomic mass is 16.2. The van der Waals surface area contributed by atoms with Crippen LogP contribution in [0.25, 0.3) is 5.69 Å². The number of nitrogens with one attached hydrogen (secondary N) is 2. The Morgan fingerprint density at radius 1 is 1.04 bits per heavy atom. The first-order valence-electron chi connectivity index (χ1n) is 9.43. The number of nitrogens with zero attached hydrogens (tertiary/aromatic N) is 2. The van der Waals surface area contributed by atoms with E-state index in [2.05, 4.69) is 10.6 Å². The highest BCUT2D eigenvalue weighted by molar-refractivity contribution is 5.91. The second kappa shape index (κ2) is 9.75. The van der Waals surface area contributed by atoms with Gasteiger partial charge in [-0.05, 0) is 38.8 Å². The molecule has 1 aromatic heterocycles. The molecule has 0 aliphatic carbocycles. The molecule has 2 rings (SSSR count). The van der Waals surface area contributed by atoms with Crippen molar-refractivity contribution in [1.29, 1.82) is 0 Å². The topological polar surface area (TPSA) is 85.1 Å². The van der Waals surface area contributed by atoms with E-state index in [0.29, 0.717) is 31.6 Å². The Labute approximate surface area is 159 Å². The number of carbonyl (C=O) groups excluding carboxylic acids is 2. The van der Waals surface area contributed by atoms with Gasteiger partial charge in [-0.2, -0.15) is 0 Å². The predicted molar refractivity (Wildman–Crippen MR) is 106 cm³/mol. The van der Waals surface area contributed by atoms with Crippen molar-refractivity contribution in [3.8, 4) is 5.69 Å². The zero-order valence-corrected chi connectivity index (χ0v) is 16.2. The monoisotopic (exact) mass is 372 g/mol. The van der Waals surface area contributed by atoms with Crippen molar-refractivity contribution < 1.29 is 9.59 Å². The van der Waals surface area contributed by atoms with Gasteiger partial charge in [0.15, 0.2) is 0 Å². The van der Waals surface area contributed by atoms with Gasteiger partial charge in [-0.15, -0.1) is 0 Å². The molecule has 0 atom stereocenters. The van der Waals surface area contributed by atoms with Crippen molar-refractivity contribution >= 4 is 17.5 Å². The number of carbonyl (C=O) groups is 2. The number of hydrogen-bond donors (Lipinski definition) is 2. The van der Waals surface area contributed by atoms with Crippen LogP contribution in [0.2, 0.25) is 0 Å². The van der Waals surface area contributed by atoms with Crippen molar-refractivity contribution in [1.82, 2.24) is 14.7 Å². The fourth-order valence-corrected chi connectivity index (χ4v) is 3.00. The first-order valence-corrected chi connectivity index (χ1v) is 9.43. The molecule has 146 valence electrons. The van der Waals surface area contributed by atoms with Gasteiger partial charge in [-0.3, -0.25) is 19.1 Å². The van der Waals surface area contributed by atoms with Crippen LogP contribution in [0.3, 0.4) is 0 Å². The quantitative estimate of drug-likeness (QED) is 0.709. The number of hydrogen-bond acceptors (Lipinski definition) is 3. The molecule has 2 aromatic rings. The third-order valence-electron chi connectivity index (χ3n) is 4.28. The van der Waals surface area contributed by atoms with E-state index in [1.54, 1.807) is 4.68 Å². The van der Waals surface area contributed by atoms with Gasteiger partial charge in [0.25, 0.3) is 5.56 Å². The second-order valence-electron chi connectivity index (χ2n) is 6.39. The minimum Gasteiger partial charge on any atom is -0.356 e. The van der Waals surface area contributed by atoms with Crippen molar-refractivity contribution in [2.24, 2.45) is 0 Å². The summed E-state index contributed by atoms with van der Waals surface area (Å²) in [6.07, 6.45) is 1.80. The number of rotatable bonds is 9. The molecular weight excluding hydrogens is 344 g/mol. The number of para-hydroxylation sites is 1. The lowest BCUT2D eigenvalue weighted by molar-refractivity contribution is -0.121. The van der Waals surface area contributed by atoms with Crippen LogP contribution >= 0.6 is 0 Å². The molecule has 0 aliphatic rings. The van der Waals surface area contributed by atoms with E-state index in [0.717, 1.165) is 17.8 Å². The molecule has 2 N–H and O–H groups in total. The number of anilines is 1. The molecule has 0 saturated heterocycles. The average Bonchev–Trinajstić information content (AvgIpc) is 2.87. The summed E-state index contributed by atoms with van der Waals surface area (Å²) < 4.78 is 3.49. The smallest absolute Gasteiger partial charge is 0.295 e. The van der Waals surface area contributed by atoms with Crippen LogP contribution in [-0.4, -0.2) is 27.7 Å². The Balaban J connectivity index is 2.19. The Hall–Kier alpha value is -2.83. The van der Waals surface area contributed by atoms with E-state index in [4.69, 9.17) is 0 Å². The number of benzene rings is 1. The molecule has 1 heterocycles. The fraction of sp³-hybridized carbons (Fsp3) is 0.450. The van der Waals surface area contributed by atoms with E-state index >= 15 is 0 Å². The summed E-state index contributed by atoms with van der Waals surface area (Å²) in [4.78, 5) is 36.7.